The van der Waals surface area contributed by atoms with E-state index in [1.807, 2.05) is 51.7 Å². The molecule has 2 aliphatic rings. The van der Waals surface area contributed by atoms with Crippen molar-refractivity contribution in [3.8, 4) is 11.3 Å². The first-order valence-corrected chi connectivity index (χ1v) is 12.8. The van der Waals surface area contributed by atoms with Crippen molar-refractivity contribution in [2.75, 3.05) is 26.2 Å². The van der Waals surface area contributed by atoms with E-state index in [2.05, 4.69) is 0 Å². The second-order valence-corrected chi connectivity index (χ2v) is 10.4. The molecule has 0 bridgehead atoms. The third-order valence-electron chi connectivity index (χ3n) is 8.19. The van der Waals surface area contributed by atoms with Gasteiger partial charge in [0.25, 0.3) is 17.5 Å². The number of likely N-dealkylation sites (tertiary alicyclic amines) is 2. The van der Waals surface area contributed by atoms with E-state index >= 15 is 0 Å². The number of furan rings is 1. The number of hydrogen-bond acceptors (Lipinski definition) is 5. The molecule has 2 aromatic heterocycles. The van der Waals surface area contributed by atoms with Crippen LogP contribution in [-0.4, -0.2) is 57.3 Å². The van der Waals surface area contributed by atoms with Crippen molar-refractivity contribution in [3.63, 3.8) is 0 Å². The molecule has 0 aliphatic carbocycles. The lowest BCUT2D eigenvalue weighted by molar-refractivity contribution is -0.384. The van der Waals surface area contributed by atoms with Crippen LogP contribution in [0.1, 0.15) is 40.3 Å². The molecule has 0 N–H and O–H groups in total. The summed E-state index contributed by atoms with van der Waals surface area (Å²) in [6.07, 6.45) is 2.56. The van der Waals surface area contributed by atoms with Crippen LogP contribution in [-0.2, 0) is 7.05 Å². The van der Waals surface area contributed by atoms with Crippen molar-refractivity contribution >= 4 is 28.4 Å². The molecule has 2 saturated heterocycles. The van der Waals surface area contributed by atoms with Gasteiger partial charge in [0.15, 0.2) is 5.76 Å². The molecule has 0 saturated carbocycles. The van der Waals surface area contributed by atoms with E-state index in [9.17, 15) is 19.7 Å². The number of nitro benzene ring substituents is 1. The highest BCUT2D eigenvalue weighted by atomic mass is 16.6. The minimum absolute atomic E-state index is 0.0149. The summed E-state index contributed by atoms with van der Waals surface area (Å²) >= 11 is 0. The molecule has 4 heterocycles. The molecule has 9 heteroatoms. The number of nitrogens with zero attached hydrogens (tertiary/aromatic N) is 4. The molecule has 194 valence electrons. The molecule has 2 aromatic carbocycles. The maximum atomic E-state index is 13.3. The van der Waals surface area contributed by atoms with E-state index in [1.54, 1.807) is 30.3 Å². The number of amides is 2. The Balaban J connectivity index is 1.11. The van der Waals surface area contributed by atoms with Crippen LogP contribution in [0.15, 0.2) is 71.1 Å². The third kappa shape index (κ3) is 4.04. The molecule has 4 aromatic rings. The second kappa shape index (κ2) is 9.16. The van der Waals surface area contributed by atoms with Crippen LogP contribution < -0.4 is 0 Å². The topological polar surface area (TPSA) is 102 Å². The molecule has 0 radical (unpaired) electrons. The number of hydrogen-bond donors (Lipinski definition) is 0. The van der Waals surface area contributed by atoms with Gasteiger partial charge in [-0.3, -0.25) is 19.7 Å². The number of carbonyl (C=O) groups is 2. The molecule has 0 unspecified atom stereocenters. The van der Waals surface area contributed by atoms with Crippen LogP contribution >= 0.6 is 0 Å². The summed E-state index contributed by atoms with van der Waals surface area (Å²) in [4.78, 5) is 41.2. The molecule has 2 amide bonds. The van der Waals surface area contributed by atoms with E-state index in [4.69, 9.17) is 4.42 Å². The predicted molar refractivity (Wildman–Crippen MR) is 142 cm³/mol. The summed E-state index contributed by atoms with van der Waals surface area (Å²) in [6, 6.07) is 19.5. The van der Waals surface area contributed by atoms with Crippen molar-refractivity contribution in [3.05, 3.63) is 88.3 Å². The normalized spacial score (nSPS) is 16.9. The number of nitro groups is 1. The number of aromatic nitrogens is 1. The maximum absolute atomic E-state index is 13.3. The fraction of sp³-hybridized carbons (Fsp3) is 0.310. The van der Waals surface area contributed by atoms with Crippen LogP contribution in [0.5, 0.6) is 0 Å². The Morgan fingerprint density at radius 2 is 1.58 bits per heavy atom. The Labute approximate surface area is 219 Å². The van der Waals surface area contributed by atoms with Gasteiger partial charge in [0.2, 0.25) is 0 Å². The molecular formula is C29H28N4O5. The first kappa shape index (κ1) is 24.0. The van der Waals surface area contributed by atoms with Gasteiger partial charge in [0.1, 0.15) is 11.5 Å². The lowest BCUT2D eigenvalue weighted by Crippen LogP contribution is -2.45. The van der Waals surface area contributed by atoms with Gasteiger partial charge in [-0.25, -0.2) is 0 Å². The number of aryl methyl sites for hydroxylation is 1. The quantitative estimate of drug-likeness (QED) is 0.279. The third-order valence-corrected chi connectivity index (χ3v) is 8.19. The van der Waals surface area contributed by atoms with Crippen molar-refractivity contribution in [2.45, 2.75) is 19.3 Å². The number of rotatable bonds is 4. The summed E-state index contributed by atoms with van der Waals surface area (Å²) < 4.78 is 7.75. The lowest BCUT2D eigenvalue weighted by Gasteiger charge is -2.39. The zero-order valence-electron chi connectivity index (χ0n) is 21.1. The fourth-order valence-corrected chi connectivity index (χ4v) is 5.95. The number of carbonyl (C=O) groups excluding carboxylic acids is 2. The van der Waals surface area contributed by atoms with Crippen molar-refractivity contribution < 1.29 is 18.9 Å². The summed E-state index contributed by atoms with van der Waals surface area (Å²) in [5.41, 5.74) is 2.00. The molecule has 2 aliphatic heterocycles. The number of piperidine rings is 1. The van der Waals surface area contributed by atoms with Gasteiger partial charge >= 0.3 is 0 Å². The highest BCUT2D eigenvalue weighted by molar-refractivity contribution is 5.98. The SMILES string of the molecule is Cn1c(C(=O)N2CCC3(CCN(C(=O)c4ccc(-c5ccccc5[N+](=O)[O-])o4)C3)CC2)cc2ccccc21. The Morgan fingerprint density at radius 3 is 2.32 bits per heavy atom. The van der Waals surface area contributed by atoms with Crippen LogP contribution in [0.25, 0.3) is 22.2 Å². The molecule has 2 fully saturated rings. The van der Waals surface area contributed by atoms with Gasteiger partial charge in [-0.1, -0.05) is 30.3 Å². The van der Waals surface area contributed by atoms with E-state index in [1.165, 1.54) is 6.07 Å². The highest BCUT2D eigenvalue weighted by Crippen LogP contribution is 2.41. The monoisotopic (exact) mass is 512 g/mol. The number of fused-ring (bicyclic) bond motifs is 1. The van der Waals surface area contributed by atoms with Crippen LogP contribution in [0.3, 0.4) is 0 Å². The van der Waals surface area contributed by atoms with Crippen LogP contribution in [0.2, 0.25) is 0 Å². The zero-order valence-corrected chi connectivity index (χ0v) is 21.1. The van der Waals surface area contributed by atoms with Gasteiger partial charge in [-0.15, -0.1) is 0 Å². The number of benzene rings is 2. The van der Waals surface area contributed by atoms with Gasteiger partial charge in [0, 0.05) is 50.2 Å². The van der Waals surface area contributed by atoms with E-state index in [-0.39, 0.29) is 28.7 Å². The van der Waals surface area contributed by atoms with Crippen molar-refractivity contribution in [1.29, 1.82) is 0 Å². The average molecular weight is 513 g/mol. The predicted octanol–water partition coefficient (Wildman–Crippen LogP) is 5.12. The zero-order chi connectivity index (χ0) is 26.4. The minimum atomic E-state index is -0.458. The number of para-hydroxylation sites is 2. The van der Waals surface area contributed by atoms with Crippen molar-refractivity contribution in [2.24, 2.45) is 12.5 Å². The molecular weight excluding hydrogens is 484 g/mol. The standard InChI is InChI=1S/C29H28N4O5/c1-30-22-8-4-2-6-20(22)18-24(30)27(34)31-15-12-29(13-16-31)14-17-32(19-29)28(35)26-11-10-25(38-26)21-7-3-5-9-23(21)33(36)37/h2-11,18H,12-17,19H2,1H3. The van der Waals surface area contributed by atoms with Gasteiger partial charge in [-0.2, -0.15) is 0 Å². The summed E-state index contributed by atoms with van der Waals surface area (Å²) in [7, 11) is 1.93. The summed E-state index contributed by atoms with van der Waals surface area (Å²) in [5.74, 6) is 0.316. The first-order chi connectivity index (χ1) is 18.3. The van der Waals surface area contributed by atoms with Crippen LogP contribution in [0.4, 0.5) is 5.69 Å². The van der Waals surface area contributed by atoms with Gasteiger partial charge in [-0.05, 0) is 55.0 Å². The fourth-order valence-electron chi connectivity index (χ4n) is 5.95. The Morgan fingerprint density at radius 1 is 0.895 bits per heavy atom. The molecule has 0 atom stereocenters. The van der Waals surface area contributed by atoms with Gasteiger partial charge < -0.3 is 18.8 Å². The van der Waals surface area contributed by atoms with Crippen LogP contribution in [0, 0.1) is 15.5 Å². The summed E-state index contributed by atoms with van der Waals surface area (Å²) in [5, 5.41) is 12.4. The Kier molecular flexibility index (Phi) is 5.78. The Bertz CT molecular complexity index is 1560. The first-order valence-electron chi connectivity index (χ1n) is 12.8. The van der Waals surface area contributed by atoms with Crippen molar-refractivity contribution in [1.82, 2.24) is 14.4 Å². The molecule has 6 rings (SSSR count). The largest absolute Gasteiger partial charge is 0.451 e. The van der Waals surface area contributed by atoms with E-state index < -0.39 is 4.92 Å². The maximum Gasteiger partial charge on any atom is 0.289 e. The minimum Gasteiger partial charge on any atom is -0.451 e. The van der Waals surface area contributed by atoms with E-state index in [0.29, 0.717) is 43.2 Å². The average Bonchev–Trinajstić information content (AvgIpc) is 3.67. The molecule has 1 spiro atoms. The van der Waals surface area contributed by atoms with E-state index in [0.717, 1.165) is 30.2 Å². The second-order valence-electron chi connectivity index (χ2n) is 10.4. The van der Waals surface area contributed by atoms with Gasteiger partial charge in [0.05, 0.1) is 10.5 Å². The lowest BCUT2D eigenvalue weighted by atomic mass is 9.77. The Hall–Kier alpha value is -4.40. The smallest absolute Gasteiger partial charge is 0.289 e. The highest BCUT2D eigenvalue weighted by Gasteiger charge is 2.43. The summed E-state index contributed by atoms with van der Waals surface area (Å²) in [6.45, 7) is 2.55. The molecule has 9 nitrogen and oxygen atoms in total. The molecule has 38 heavy (non-hydrogen) atoms.